The summed E-state index contributed by atoms with van der Waals surface area (Å²) in [6.07, 6.45) is 0. The van der Waals surface area contributed by atoms with Crippen molar-refractivity contribution in [1.29, 1.82) is 0 Å². The van der Waals surface area contributed by atoms with Crippen molar-refractivity contribution in [3.8, 4) is 0 Å². The Labute approximate surface area is 103 Å². The molecule has 17 heavy (non-hydrogen) atoms. The van der Waals surface area contributed by atoms with E-state index in [-0.39, 0.29) is 0 Å². The SMILES string of the molecule is CCNCC(NC)c1cccc2ccccc12. The highest BCUT2D eigenvalue weighted by atomic mass is 15.0. The topological polar surface area (TPSA) is 24.1 Å². The van der Waals surface area contributed by atoms with Crippen LogP contribution in [0, 0.1) is 0 Å². The molecule has 0 aliphatic heterocycles. The maximum Gasteiger partial charge on any atom is 0.0450 e. The Morgan fingerprint density at radius 2 is 1.82 bits per heavy atom. The van der Waals surface area contributed by atoms with Crippen LogP contribution in [-0.2, 0) is 0 Å². The molecule has 2 aromatic rings. The van der Waals surface area contributed by atoms with E-state index >= 15 is 0 Å². The van der Waals surface area contributed by atoms with E-state index < -0.39 is 0 Å². The molecule has 2 nitrogen and oxygen atoms in total. The summed E-state index contributed by atoms with van der Waals surface area (Å²) in [5.74, 6) is 0. The van der Waals surface area contributed by atoms with Gasteiger partial charge in [0.2, 0.25) is 0 Å². The van der Waals surface area contributed by atoms with Crippen LogP contribution in [-0.4, -0.2) is 20.1 Å². The van der Waals surface area contributed by atoms with E-state index in [1.807, 2.05) is 7.05 Å². The van der Waals surface area contributed by atoms with Gasteiger partial charge in [0, 0.05) is 12.6 Å². The standard InChI is InChI=1S/C15H20N2/c1-3-17-11-15(16-2)14-10-6-8-12-7-4-5-9-13(12)14/h4-10,15-17H,3,11H2,1-2H3. The van der Waals surface area contributed by atoms with Crippen molar-refractivity contribution in [3.05, 3.63) is 48.0 Å². The molecular weight excluding hydrogens is 208 g/mol. The third-order valence-corrected chi connectivity index (χ3v) is 3.15. The van der Waals surface area contributed by atoms with E-state index in [9.17, 15) is 0 Å². The Bertz CT molecular complexity index is 474. The summed E-state index contributed by atoms with van der Waals surface area (Å²) < 4.78 is 0. The molecule has 1 atom stereocenters. The summed E-state index contributed by atoms with van der Waals surface area (Å²) in [5, 5.41) is 9.43. The van der Waals surface area contributed by atoms with Crippen molar-refractivity contribution in [2.45, 2.75) is 13.0 Å². The number of likely N-dealkylation sites (N-methyl/N-ethyl adjacent to an activating group) is 2. The van der Waals surface area contributed by atoms with Crippen molar-refractivity contribution >= 4 is 10.8 Å². The number of benzene rings is 2. The summed E-state index contributed by atoms with van der Waals surface area (Å²) >= 11 is 0. The first-order valence-corrected chi connectivity index (χ1v) is 6.22. The van der Waals surface area contributed by atoms with E-state index in [1.54, 1.807) is 0 Å². The van der Waals surface area contributed by atoms with Crippen LogP contribution in [0.3, 0.4) is 0 Å². The highest BCUT2D eigenvalue weighted by molar-refractivity contribution is 5.86. The first-order chi connectivity index (χ1) is 8.36. The fraction of sp³-hybridized carbons (Fsp3) is 0.333. The molecule has 0 heterocycles. The summed E-state index contributed by atoms with van der Waals surface area (Å²) in [7, 11) is 2.02. The molecule has 0 aliphatic carbocycles. The van der Waals surface area contributed by atoms with Crippen molar-refractivity contribution in [2.75, 3.05) is 20.1 Å². The predicted molar refractivity (Wildman–Crippen MR) is 74.3 cm³/mol. The first kappa shape index (κ1) is 12.1. The van der Waals surface area contributed by atoms with Gasteiger partial charge in [-0.1, -0.05) is 49.4 Å². The molecule has 0 fully saturated rings. The van der Waals surface area contributed by atoms with Crippen LogP contribution in [0.2, 0.25) is 0 Å². The molecule has 2 rings (SSSR count). The van der Waals surface area contributed by atoms with Gasteiger partial charge in [0.25, 0.3) is 0 Å². The smallest absolute Gasteiger partial charge is 0.0450 e. The quantitative estimate of drug-likeness (QED) is 0.822. The Morgan fingerprint density at radius 3 is 2.59 bits per heavy atom. The maximum atomic E-state index is 3.40. The van der Waals surface area contributed by atoms with Crippen LogP contribution in [0.1, 0.15) is 18.5 Å². The van der Waals surface area contributed by atoms with Crippen molar-refractivity contribution in [2.24, 2.45) is 0 Å². The molecule has 0 amide bonds. The summed E-state index contributed by atoms with van der Waals surface area (Å²) in [5.41, 5.74) is 1.37. The third kappa shape index (κ3) is 2.65. The van der Waals surface area contributed by atoms with Crippen molar-refractivity contribution in [1.82, 2.24) is 10.6 Å². The lowest BCUT2D eigenvalue weighted by molar-refractivity contribution is 0.541. The van der Waals surface area contributed by atoms with E-state index in [4.69, 9.17) is 0 Å². The second kappa shape index (κ2) is 5.80. The number of hydrogen-bond acceptors (Lipinski definition) is 2. The van der Waals surface area contributed by atoms with Gasteiger partial charge in [0.1, 0.15) is 0 Å². The molecule has 0 radical (unpaired) electrons. The Kier molecular flexibility index (Phi) is 4.13. The van der Waals surface area contributed by atoms with Crippen LogP contribution in [0.25, 0.3) is 10.8 Å². The van der Waals surface area contributed by atoms with Crippen LogP contribution in [0.5, 0.6) is 0 Å². The lowest BCUT2D eigenvalue weighted by Gasteiger charge is -2.19. The van der Waals surface area contributed by atoms with E-state index in [2.05, 4.69) is 60.0 Å². The van der Waals surface area contributed by atoms with Crippen LogP contribution >= 0.6 is 0 Å². The fourth-order valence-electron chi connectivity index (χ4n) is 2.21. The molecule has 1 unspecified atom stereocenters. The average molecular weight is 228 g/mol. The highest BCUT2D eigenvalue weighted by Gasteiger charge is 2.10. The minimum Gasteiger partial charge on any atom is -0.315 e. The zero-order chi connectivity index (χ0) is 12.1. The van der Waals surface area contributed by atoms with Gasteiger partial charge in [0.15, 0.2) is 0 Å². The molecule has 2 aromatic carbocycles. The van der Waals surface area contributed by atoms with Gasteiger partial charge < -0.3 is 10.6 Å². The molecule has 2 heteroatoms. The van der Waals surface area contributed by atoms with Gasteiger partial charge in [-0.05, 0) is 29.9 Å². The molecule has 2 N–H and O–H groups in total. The number of fused-ring (bicyclic) bond motifs is 1. The summed E-state index contributed by atoms with van der Waals surface area (Å²) in [6, 6.07) is 15.4. The fourth-order valence-corrected chi connectivity index (χ4v) is 2.21. The second-order valence-electron chi connectivity index (χ2n) is 4.22. The second-order valence-corrected chi connectivity index (χ2v) is 4.22. The number of rotatable bonds is 5. The molecule has 0 bridgehead atoms. The van der Waals surface area contributed by atoms with Gasteiger partial charge in [0.05, 0.1) is 0 Å². The maximum absolute atomic E-state index is 3.40. The summed E-state index contributed by atoms with van der Waals surface area (Å²) in [4.78, 5) is 0. The zero-order valence-corrected chi connectivity index (χ0v) is 10.5. The third-order valence-electron chi connectivity index (χ3n) is 3.15. The van der Waals surface area contributed by atoms with E-state index in [1.165, 1.54) is 16.3 Å². The van der Waals surface area contributed by atoms with Crippen molar-refractivity contribution in [3.63, 3.8) is 0 Å². The molecule has 0 spiro atoms. The van der Waals surface area contributed by atoms with Crippen molar-refractivity contribution < 1.29 is 0 Å². The Hall–Kier alpha value is -1.38. The molecule has 90 valence electrons. The number of hydrogen-bond donors (Lipinski definition) is 2. The minimum atomic E-state index is 0.362. The Balaban J connectivity index is 2.38. The van der Waals surface area contributed by atoms with Gasteiger partial charge in [-0.3, -0.25) is 0 Å². The molecular formula is C15H20N2. The molecule has 0 saturated heterocycles. The number of nitrogens with one attached hydrogen (secondary N) is 2. The minimum absolute atomic E-state index is 0.362. The monoisotopic (exact) mass is 228 g/mol. The van der Waals surface area contributed by atoms with Gasteiger partial charge in [-0.15, -0.1) is 0 Å². The molecule has 0 saturated carbocycles. The normalized spacial score (nSPS) is 12.8. The van der Waals surface area contributed by atoms with E-state index in [0.29, 0.717) is 6.04 Å². The molecule has 0 aromatic heterocycles. The van der Waals surface area contributed by atoms with Crippen LogP contribution in [0.4, 0.5) is 0 Å². The van der Waals surface area contributed by atoms with Gasteiger partial charge in [-0.2, -0.15) is 0 Å². The van der Waals surface area contributed by atoms with E-state index in [0.717, 1.165) is 13.1 Å². The Morgan fingerprint density at radius 1 is 1.06 bits per heavy atom. The lowest BCUT2D eigenvalue weighted by Crippen LogP contribution is -2.29. The lowest BCUT2D eigenvalue weighted by atomic mass is 9.99. The summed E-state index contributed by atoms with van der Waals surface area (Å²) in [6.45, 7) is 4.10. The first-order valence-electron chi connectivity index (χ1n) is 6.22. The molecule has 0 aliphatic rings. The van der Waals surface area contributed by atoms with Gasteiger partial charge >= 0.3 is 0 Å². The van der Waals surface area contributed by atoms with Gasteiger partial charge in [-0.25, -0.2) is 0 Å². The van der Waals surface area contributed by atoms with Crippen LogP contribution in [0.15, 0.2) is 42.5 Å². The predicted octanol–water partition coefficient (Wildman–Crippen LogP) is 2.71. The highest BCUT2D eigenvalue weighted by Crippen LogP contribution is 2.23. The largest absolute Gasteiger partial charge is 0.315 e. The zero-order valence-electron chi connectivity index (χ0n) is 10.5. The average Bonchev–Trinajstić information content (AvgIpc) is 2.40. The van der Waals surface area contributed by atoms with Crippen LogP contribution < -0.4 is 10.6 Å².